The van der Waals surface area contributed by atoms with Crippen molar-refractivity contribution in [2.24, 2.45) is 5.92 Å². The van der Waals surface area contributed by atoms with Gasteiger partial charge in [0, 0.05) is 7.05 Å². The highest BCUT2D eigenvalue weighted by Crippen LogP contribution is 2.38. The molecule has 1 atom stereocenters. The lowest BCUT2D eigenvalue weighted by molar-refractivity contribution is -0.120. The fraction of sp³-hybridized carbons (Fsp3) is 0.417. The number of benzene rings is 1. The smallest absolute Gasteiger partial charge is 0.249 e. The van der Waals surface area contributed by atoms with Gasteiger partial charge < -0.3 is 10.2 Å². The Morgan fingerprint density at radius 1 is 1.29 bits per heavy atom. The van der Waals surface area contributed by atoms with Crippen molar-refractivity contribution in [3.05, 3.63) is 22.2 Å². The number of hydrogen-bond donors (Lipinski definition) is 1. The van der Waals surface area contributed by atoms with Crippen molar-refractivity contribution < 1.29 is 4.79 Å². The summed E-state index contributed by atoms with van der Waals surface area (Å²) in [5.74, 6) is 0.262. The highest BCUT2D eigenvalue weighted by atomic mass is 35.5. The number of halogens is 2. The summed E-state index contributed by atoms with van der Waals surface area (Å²) in [6.07, 6.45) is 0. The van der Waals surface area contributed by atoms with E-state index in [9.17, 15) is 4.79 Å². The zero-order valence-electron chi connectivity index (χ0n) is 9.92. The summed E-state index contributed by atoms with van der Waals surface area (Å²) in [5.41, 5.74) is 1.61. The van der Waals surface area contributed by atoms with E-state index in [4.69, 9.17) is 23.2 Å². The third kappa shape index (κ3) is 2.09. The lowest BCUT2D eigenvalue weighted by Crippen LogP contribution is -2.47. The standard InChI is InChI=1S/C12H14Cl2N2O/c1-6(2)11-12(17)16(3)10-5-8(14)7(13)4-9(10)15-11/h4-6,11,15H,1-3H3. The molecule has 17 heavy (non-hydrogen) atoms. The molecule has 0 aliphatic carbocycles. The molecular formula is C12H14Cl2N2O. The fourth-order valence-corrected chi connectivity index (χ4v) is 2.26. The molecule has 0 bridgehead atoms. The van der Waals surface area contributed by atoms with Crippen LogP contribution < -0.4 is 10.2 Å². The van der Waals surface area contributed by atoms with Gasteiger partial charge in [-0.05, 0) is 18.1 Å². The van der Waals surface area contributed by atoms with Crippen molar-refractivity contribution in [2.75, 3.05) is 17.3 Å². The van der Waals surface area contributed by atoms with E-state index in [1.165, 1.54) is 0 Å². The summed E-state index contributed by atoms with van der Waals surface area (Å²) in [6, 6.07) is 3.25. The molecule has 0 aromatic heterocycles. The predicted molar refractivity (Wildman–Crippen MR) is 72.1 cm³/mol. The quantitative estimate of drug-likeness (QED) is 0.850. The third-order valence-corrected chi connectivity index (χ3v) is 3.70. The van der Waals surface area contributed by atoms with E-state index >= 15 is 0 Å². The molecule has 0 saturated heterocycles. The lowest BCUT2D eigenvalue weighted by atomic mass is 9.99. The topological polar surface area (TPSA) is 32.3 Å². The summed E-state index contributed by atoms with van der Waals surface area (Å²) in [7, 11) is 1.75. The van der Waals surface area contributed by atoms with Crippen LogP contribution in [0.2, 0.25) is 10.0 Å². The van der Waals surface area contributed by atoms with Crippen molar-refractivity contribution in [2.45, 2.75) is 19.9 Å². The molecule has 2 rings (SSSR count). The number of carbonyl (C=O) groups is 1. The first-order chi connectivity index (χ1) is 7.91. The highest BCUT2D eigenvalue weighted by molar-refractivity contribution is 6.42. The molecule has 1 aliphatic rings. The average Bonchev–Trinajstić information content (AvgIpc) is 2.26. The Morgan fingerprint density at radius 2 is 1.88 bits per heavy atom. The number of nitrogens with one attached hydrogen (secondary N) is 1. The summed E-state index contributed by atoms with van der Waals surface area (Å²) in [5, 5.41) is 4.15. The van der Waals surface area contributed by atoms with Gasteiger partial charge in [-0.3, -0.25) is 4.79 Å². The van der Waals surface area contributed by atoms with E-state index in [0.29, 0.717) is 10.0 Å². The van der Waals surface area contributed by atoms with Crippen LogP contribution in [0.1, 0.15) is 13.8 Å². The van der Waals surface area contributed by atoms with Crippen LogP contribution in [0.25, 0.3) is 0 Å². The molecule has 92 valence electrons. The minimum atomic E-state index is -0.218. The van der Waals surface area contributed by atoms with Gasteiger partial charge in [-0.25, -0.2) is 0 Å². The Labute approximate surface area is 111 Å². The fourth-order valence-electron chi connectivity index (χ4n) is 1.94. The first kappa shape index (κ1) is 12.5. The van der Waals surface area contributed by atoms with Gasteiger partial charge in [0.15, 0.2) is 0 Å². The Bertz CT molecular complexity index is 474. The highest BCUT2D eigenvalue weighted by Gasteiger charge is 2.32. The van der Waals surface area contributed by atoms with Crippen molar-refractivity contribution >= 4 is 40.5 Å². The molecule has 0 spiro atoms. The second-order valence-electron chi connectivity index (χ2n) is 4.55. The molecular weight excluding hydrogens is 259 g/mol. The second-order valence-corrected chi connectivity index (χ2v) is 5.36. The molecule has 1 heterocycles. The third-order valence-electron chi connectivity index (χ3n) is 2.97. The van der Waals surface area contributed by atoms with Crippen molar-refractivity contribution in [3.63, 3.8) is 0 Å². The van der Waals surface area contributed by atoms with E-state index in [0.717, 1.165) is 11.4 Å². The van der Waals surface area contributed by atoms with Crippen LogP contribution in [-0.2, 0) is 4.79 Å². The monoisotopic (exact) mass is 272 g/mol. The number of nitrogens with zero attached hydrogens (tertiary/aromatic N) is 1. The average molecular weight is 273 g/mol. The van der Waals surface area contributed by atoms with Crippen LogP contribution in [0.4, 0.5) is 11.4 Å². The minimum absolute atomic E-state index is 0.0471. The summed E-state index contributed by atoms with van der Waals surface area (Å²) >= 11 is 11.9. The number of rotatable bonds is 1. The minimum Gasteiger partial charge on any atom is -0.372 e. The van der Waals surface area contributed by atoms with Gasteiger partial charge in [-0.15, -0.1) is 0 Å². The van der Waals surface area contributed by atoms with Gasteiger partial charge in [-0.2, -0.15) is 0 Å². The van der Waals surface area contributed by atoms with Gasteiger partial charge in [0.05, 0.1) is 21.4 Å². The van der Waals surface area contributed by atoms with E-state index < -0.39 is 0 Å². The van der Waals surface area contributed by atoms with Gasteiger partial charge in [0.1, 0.15) is 6.04 Å². The van der Waals surface area contributed by atoms with Crippen LogP contribution in [0, 0.1) is 5.92 Å². The van der Waals surface area contributed by atoms with Crippen LogP contribution >= 0.6 is 23.2 Å². The molecule has 1 aromatic carbocycles. The van der Waals surface area contributed by atoms with Crippen molar-refractivity contribution in [1.29, 1.82) is 0 Å². The second kappa shape index (κ2) is 4.39. The maximum Gasteiger partial charge on any atom is 0.249 e. The maximum atomic E-state index is 12.1. The van der Waals surface area contributed by atoms with Gasteiger partial charge in [-0.1, -0.05) is 37.0 Å². The maximum absolute atomic E-state index is 12.1. The Morgan fingerprint density at radius 3 is 2.47 bits per heavy atom. The summed E-state index contributed by atoms with van der Waals surface area (Å²) in [6.45, 7) is 4.01. The normalized spacial score (nSPS) is 19.3. The molecule has 1 amide bonds. The SMILES string of the molecule is CC(C)C1Nc2cc(Cl)c(Cl)cc2N(C)C1=O. The number of amides is 1. The van der Waals surface area contributed by atoms with Crippen molar-refractivity contribution in [1.82, 2.24) is 0 Å². The number of likely N-dealkylation sites (N-methyl/N-ethyl adjacent to an activating group) is 1. The van der Waals surface area contributed by atoms with E-state index in [-0.39, 0.29) is 17.9 Å². The first-order valence-corrected chi connectivity index (χ1v) is 6.20. The Hall–Kier alpha value is -0.930. The molecule has 0 saturated carbocycles. The van der Waals surface area contributed by atoms with E-state index in [1.54, 1.807) is 24.1 Å². The first-order valence-electron chi connectivity index (χ1n) is 5.45. The number of anilines is 2. The molecule has 1 N–H and O–H groups in total. The molecule has 0 fully saturated rings. The number of hydrogen-bond acceptors (Lipinski definition) is 2. The van der Waals surface area contributed by atoms with Gasteiger partial charge in [0.2, 0.25) is 5.91 Å². The molecule has 5 heteroatoms. The van der Waals surface area contributed by atoms with Crippen molar-refractivity contribution in [3.8, 4) is 0 Å². The zero-order chi connectivity index (χ0) is 12.7. The summed E-state index contributed by atoms with van der Waals surface area (Å²) < 4.78 is 0. The molecule has 1 aromatic rings. The number of carbonyl (C=O) groups excluding carboxylic acids is 1. The Kier molecular flexibility index (Phi) is 3.23. The van der Waals surface area contributed by atoms with Crippen LogP contribution in [0.3, 0.4) is 0 Å². The van der Waals surface area contributed by atoms with E-state index in [2.05, 4.69) is 5.32 Å². The van der Waals surface area contributed by atoms with Crippen LogP contribution in [0.5, 0.6) is 0 Å². The molecule has 3 nitrogen and oxygen atoms in total. The predicted octanol–water partition coefficient (Wildman–Crippen LogP) is 3.41. The van der Waals surface area contributed by atoms with E-state index in [1.807, 2.05) is 13.8 Å². The molecule has 1 aliphatic heterocycles. The Balaban J connectivity index is 2.49. The molecule has 1 unspecified atom stereocenters. The van der Waals surface area contributed by atoms with Gasteiger partial charge >= 0.3 is 0 Å². The zero-order valence-corrected chi connectivity index (χ0v) is 11.4. The van der Waals surface area contributed by atoms with Gasteiger partial charge in [0.25, 0.3) is 0 Å². The molecule has 0 radical (unpaired) electrons. The largest absolute Gasteiger partial charge is 0.372 e. The van der Waals surface area contributed by atoms with Crippen LogP contribution in [0.15, 0.2) is 12.1 Å². The summed E-state index contributed by atoms with van der Waals surface area (Å²) in [4.78, 5) is 13.7. The number of fused-ring (bicyclic) bond motifs is 1. The lowest BCUT2D eigenvalue weighted by Gasteiger charge is -2.35. The van der Waals surface area contributed by atoms with Crippen LogP contribution in [-0.4, -0.2) is 19.0 Å².